The van der Waals surface area contributed by atoms with E-state index in [1.165, 1.54) is 41.0 Å². The minimum absolute atomic E-state index is 0.199. The van der Waals surface area contributed by atoms with Crippen molar-refractivity contribution in [2.45, 2.75) is 67.2 Å². The molecule has 1 unspecified atom stereocenters. The Labute approximate surface area is 133 Å². The van der Waals surface area contributed by atoms with Crippen LogP contribution < -0.4 is 0 Å². The van der Waals surface area contributed by atoms with Crippen molar-refractivity contribution in [2.24, 2.45) is 11.3 Å². The number of aryl methyl sites for hydroxylation is 2. The summed E-state index contributed by atoms with van der Waals surface area (Å²) in [7, 11) is 0. The first kappa shape index (κ1) is 18.2. The molecule has 0 aromatic carbocycles. The molecule has 3 heteroatoms. The van der Waals surface area contributed by atoms with Gasteiger partial charge in [-0.2, -0.15) is 0 Å². The van der Waals surface area contributed by atoms with Gasteiger partial charge in [0.05, 0.1) is 6.61 Å². The summed E-state index contributed by atoms with van der Waals surface area (Å²) >= 11 is 1.53. The summed E-state index contributed by atoms with van der Waals surface area (Å²) in [5.41, 5.74) is 1.84. The summed E-state index contributed by atoms with van der Waals surface area (Å²) in [4.78, 5) is 13.3. The monoisotopic (exact) mass is 310 g/mol. The first-order chi connectivity index (χ1) is 9.81. The van der Waals surface area contributed by atoms with Gasteiger partial charge in [0, 0.05) is 4.88 Å². The molecule has 0 spiro atoms. The predicted octanol–water partition coefficient (Wildman–Crippen LogP) is 5.63. The van der Waals surface area contributed by atoms with Gasteiger partial charge in [-0.05, 0) is 49.7 Å². The van der Waals surface area contributed by atoms with E-state index in [0.29, 0.717) is 12.0 Å². The normalized spacial score (nSPS) is 19.8. The second-order valence-electron chi connectivity index (χ2n) is 6.57. The highest BCUT2D eigenvalue weighted by Crippen LogP contribution is 2.41. The Bertz CT molecular complexity index is 460. The van der Waals surface area contributed by atoms with Gasteiger partial charge in [0.15, 0.2) is 0 Å². The van der Waals surface area contributed by atoms with Gasteiger partial charge < -0.3 is 4.74 Å². The molecule has 1 heterocycles. The fourth-order valence-electron chi connectivity index (χ4n) is 2.67. The quantitative estimate of drug-likeness (QED) is 0.676. The SMILES string of the molecule is CC1CCCC1(C)C.CCOC(=O)c1cc(C)c(CC)s1. The van der Waals surface area contributed by atoms with Crippen LogP contribution in [-0.2, 0) is 11.2 Å². The Morgan fingerprint density at radius 2 is 2.10 bits per heavy atom. The smallest absolute Gasteiger partial charge is 0.348 e. The Hall–Kier alpha value is -0.830. The zero-order valence-electron chi connectivity index (χ0n) is 14.4. The summed E-state index contributed by atoms with van der Waals surface area (Å²) in [6, 6.07) is 1.90. The average Bonchev–Trinajstić information content (AvgIpc) is 2.94. The van der Waals surface area contributed by atoms with Gasteiger partial charge >= 0.3 is 5.97 Å². The molecule has 0 aliphatic heterocycles. The molecule has 1 aromatic rings. The molecule has 21 heavy (non-hydrogen) atoms. The lowest BCUT2D eigenvalue weighted by atomic mass is 9.83. The van der Waals surface area contributed by atoms with Crippen LogP contribution >= 0.6 is 11.3 Å². The van der Waals surface area contributed by atoms with E-state index in [4.69, 9.17) is 4.74 Å². The third-order valence-corrected chi connectivity index (χ3v) is 5.97. The second-order valence-corrected chi connectivity index (χ2v) is 7.71. The van der Waals surface area contributed by atoms with Gasteiger partial charge in [-0.3, -0.25) is 0 Å². The lowest BCUT2D eigenvalue weighted by molar-refractivity contribution is 0.0532. The molecule has 0 radical (unpaired) electrons. The van der Waals surface area contributed by atoms with E-state index in [9.17, 15) is 4.79 Å². The minimum atomic E-state index is -0.199. The average molecular weight is 311 g/mol. The molecule has 0 bridgehead atoms. The Kier molecular flexibility index (Phi) is 6.92. The zero-order valence-corrected chi connectivity index (χ0v) is 15.2. The topological polar surface area (TPSA) is 26.3 Å². The van der Waals surface area contributed by atoms with Crippen LogP contribution in [0.25, 0.3) is 0 Å². The molecule has 0 saturated heterocycles. The molecule has 2 rings (SSSR count). The van der Waals surface area contributed by atoms with E-state index >= 15 is 0 Å². The molecule has 0 amide bonds. The van der Waals surface area contributed by atoms with Crippen LogP contribution in [0.2, 0.25) is 0 Å². The number of thiophene rings is 1. The number of hydrogen-bond donors (Lipinski definition) is 0. The highest BCUT2D eigenvalue weighted by molar-refractivity contribution is 7.14. The lowest BCUT2D eigenvalue weighted by Gasteiger charge is -2.22. The zero-order chi connectivity index (χ0) is 16.0. The second kappa shape index (κ2) is 7.98. The maximum atomic E-state index is 11.3. The van der Waals surface area contributed by atoms with Crippen molar-refractivity contribution >= 4 is 17.3 Å². The minimum Gasteiger partial charge on any atom is -0.462 e. The van der Waals surface area contributed by atoms with Crippen LogP contribution in [0.1, 0.15) is 74.0 Å². The van der Waals surface area contributed by atoms with Crippen LogP contribution in [0.3, 0.4) is 0 Å². The molecule has 1 aromatic heterocycles. The van der Waals surface area contributed by atoms with E-state index in [1.54, 1.807) is 0 Å². The molecular formula is C18H30O2S. The third-order valence-electron chi connectivity index (χ3n) is 4.61. The van der Waals surface area contributed by atoms with Crippen LogP contribution in [0, 0.1) is 18.3 Å². The van der Waals surface area contributed by atoms with Gasteiger partial charge in [0.2, 0.25) is 0 Å². The van der Waals surface area contributed by atoms with E-state index in [0.717, 1.165) is 17.2 Å². The van der Waals surface area contributed by atoms with Crippen LogP contribution in [0.5, 0.6) is 0 Å². The predicted molar refractivity (Wildman–Crippen MR) is 91.2 cm³/mol. The summed E-state index contributed by atoms with van der Waals surface area (Å²) in [5, 5.41) is 0. The highest BCUT2D eigenvalue weighted by atomic mass is 32.1. The molecule has 120 valence electrons. The van der Waals surface area contributed by atoms with Gasteiger partial charge in [-0.15, -0.1) is 11.3 Å². The van der Waals surface area contributed by atoms with Crippen molar-refractivity contribution in [3.8, 4) is 0 Å². The van der Waals surface area contributed by atoms with Crippen molar-refractivity contribution in [2.75, 3.05) is 6.61 Å². The van der Waals surface area contributed by atoms with Crippen molar-refractivity contribution in [3.63, 3.8) is 0 Å². The molecule has 1 aliphatic rings. The molecule has 0 N–H and O–H groups in total. The standard InChI is InChI=1S/C10H14O2S.C8H16/c1-4-8-7(3)6-9(13-8)10(11)12-5-2;1-7-5-4-6-8(7,2)3/h6H,4-5H2,1-3H3;7H,4-6H2,1-3H3. The summed E-state index contributed by atoms with van der Waals surface area (Å²) in [5.74, 6) is 0.762. The van der Waals surface area contributed by atoms with Crippen molar-refractivity contribution in [3.05, 3.63) is 21.4 Å². The molecule has 1 aliphatic carbocycles. The maximum absolute atomic E-state index is 11.3. The number of esters is 1. The first-order valence-corrected chi connectivity index (χ1v) is 8.89. The lowest BCUT2D eigenvalue weighted by Crippen LogP contribution is -2.13. The van der Waals surface area contributed by atoms with Crippen molar-refractivity contribution in [1.82, 2.24) is 0 Å². The Morgan fingerprint density at radius 3 is 2.43 bits per heavy atom. The van der Waals surface area contributed by atoms with Crippen molar-refractivity contribution in [1.29, 1.82) is 0 Å². The molecular weight excluding hydrogens is 280 g/mol. The third kappa shape index (κ3) is 5.14. The van der Waals surface area contributed by atoms with E-state index in [2.05, 4.69) is 27.7 Å². The number of ether oxygens (including phenoxy) is 1. The van der Waals surface area contributed by atoms with Gasteiger partial charge in [-0.25, -0.2) is 4.79 Å². The summed E-state index contributed by atoms with van der Waals surface area (Å²) in [6.45, 7) is 13.5. The number of hydrogen-bond acceptors (Lipinski definition) is 3. The highest BCUT2D eigenvalue weighted by Gasteiger charge is 2.30. The summed E-state index contributed by atoms with van der Waals surface area (Å²) in [6.07, 6.45) is 5.32. The van der Waals surface area contributed by atoms with Gasteiger partial charge in [0.1, 0.15) is 4.88 Å². The first-order valence-electron chi connectivity index (χ1n) is 8.08. The summed E-state index contributed by atoms with van der Waals surface area (Å²) < 4.78 is 4.91. The van der Waals surface area contributed by atoms with E-state index in [1.807, 2.05) is 19.9 Å². The largest absolute Gasteiger partial charge is 0.462 e. The number of carbonyl (C=O) groups excluding carboxylic acids is 1. The Balaban J connectivity index is 0.000000235. The molecule has 1 saturated carbocycles. The fourth-order valence-corrected chi connectivity index (χ4v) is 3.68. The fraction of sp³-hybridized carbons (Fsp3) is 0.722. The van der Waals surface area contributed by atoms with Crippen molar-refractivity contribution < 1.29 is 9.53 Å². The number of rotatable bonds is 3. The van der Waals surface area contributed by atoms with Gasteiger partial charge in [-0.1, -0.05) is 40.5 Å². The van der Waals surface area contributed by atoms with Crippen LogP contribution in [-0.4, -0.2) is 12.6 Å². The molecule has 1 fully saturated rings. The number of carbonyl (C=O) groups is 1. The Morgan fingerprint density at radius 1 is 1.43 bits per heavy atom. The maximum Gasteiger partial charge on any atom is 0.348 e. The van der Waals surface area contributed by atoms with E-state index < -0.39 is 0 Å². The van der Waals surface area contributed by atoms with Crippen LogP contribution in [0.4, 0.5) is 0 Å². The van der Waals surface area contributed by atoms with Gasteiger partial charge in [0.25, 0.3) is 0 Å². The van der Waals surface area contributed by atoms with Crippen LogP contribution in [0.15, 0.2) is 6.07 Å². The molecule has 2 nitrogen and oxygen atoms in total. The van der Waals surface area contributed by atoms with E-state index in [-0.39, 0.29) is 5.97 Å². The molecule has 1 atom stereocenters.